The Morgan fingerprint density at radius 2 is 1.81 bits per heavy atom. The Labute approximate surface area is 167 Å². The number of hydrogen-bond donors (Lipinski definition) is 1. The Morgan fingerprint density at radius 1 is 1.12 bits per heavy atom. The number of amides is 1. The zero-order valence-electron chi connectivity index (χ0n) is 14.2. The summed E-state index contributed by atoms with van der Waals surface area (Å²) in [5.41, 5.74) is 1.15. The summed E-state index contributed by atoms with van der Waals surface area (Å²) in [6, 6.07) is 13.0. The first kappa shape index (κ1) is 20.6. The van der Waals surface area contributed by atoms with Gasteiger partial charge in [-0.3, -0.25) is 4.79 Å². The van der Waals surface area contributed by atoms with Crippen molar-refractivity contribution in [1.29, 1.82) is 0 Å². The molecule has 1 amide bonds. The van der Waals surface area contributed by atoms with Gasteiger partial charge in [-0.25, -0.2) is 4.79 Å². The lowest BCUT2D eigenvalue weighted by Gasteiger charge is -2.18. The maximum atomic E-state index is 12.4. The summed E-state index contributed by atoms with van der Waals surface area (Å²) in [6.07, 6.45) is 2.41. The van der Waals surface area contributed by atoms with Crippen LogP contribution in [-0.4, -0.2) is 29.9 Å². The topological polar surface area (TPSA) is 55.4 Å². The Kier molecular flexibility index (Phi) is 8.29. The number of benzene rings is 2. The molecule has 26 heavy (non-hydrogen) atoms. The third kappa shape index (κ3) is 6.24. The maximum Gasteiger partial charge on any atom is 0.329 e. The summed E-state index contributed by atoms with van der Waals surface area (Å²) in [7, 11) is 0. The van der Waals surface area contributed by atoms with E-state index in [-0.39, 0.29) is 6.61 Å². The van der Waals surface area contributed by atoms with Crippen LogP contribution in [0.5, 0.6) is 0 Å². The van der Waals surface area contributed by atoms with Crippen LogP contribution in [0, 0.1) is 0 Å². The van der Waals surface area contributed by atoms with Crippen LogP contribution in [-0.2, 0) is 16.1 Å². The lowest BCUT2D eigenvalue weighted by molar-refractivity contribution is -0.147. The molecule has 1 N–H and O–H groups in total. The summed E-state index contributed by atoms with van der Waals surface area (Å²) in [5, 5.41) is 3.67. The smallest absolute Gasteiger partial charge is 0.329 e. The van der Waals surface area contributed by atoms with Crippen molar-refractivity contribution >= 4 is 46.8 Å². The molecule has 0 saturated heterocycles. The molecule has 0 aliphatic rings. The van der Waals surface area contributed by atoms with Crippen LogP contribution in [0.1, 0.15) is 22.3 Å². The van der Waals surface area contributed by atoms with Gasteiger partial charge in [0.2, 0.25) is 0 Å². The summed E-state index contributed by atoms with van der Waals surface area (Å²) < 4.78 is 5.36. The number of nitrogens with one attached hydrogen (secondary N) is 1. The standard InChI is InChI=1S/C19H19Cl2NO3S/c1-26-11-10-17(22-18(23)15-4-2-3-5-16(15)21)19(24)25-12-13-6-8-14(20)9-7-13/h2-9,17H,10-12H2,1H3,(H,22,23). The molecule has 0 spiro atoms. The predicted molar refractivity (Wildman–Crippen MR) is 107 cm³/mol. The Morgan fingerprint density at radius 3 is 2.46 bits per heavy atom. The van der Waals surface area contributed by atoms with Crippen LogP contribution in [0.4, 0.5) is 0 Å². The summed E-state index contributed by atoms with van der Waals surface area (Å²) in [6.45, 7) is 0.119. The molecule has 0 aliphatic carbocycles. The first-order valence-corrected chi connectivity index (χ1v) is 10.1. The van der Waals surface area contributed by atoms with Crippen LogP contribution >= 0.6 is 35.0 Å². The zero-order valence-corrected chi connectivity index (χ0v) is 16.5. The van der Waals surface area contributed by atoms with Crippen molar-refractivity contribution in [3.8, 4) is 0 Å². The van der Waals surface area contributed by atoms with E-state index in [0.29, 0.717) is 27.8 Å². The highest BCUT2D eigenvalue weighted by molar-refractivity contribution is 7.98. The van der Waals surface area contributed by atoms with Crippen LogP contribution in [0.25, 0.3) is 0 Å². The second kappa shape index (κ2) is 10.5. The van der Waals surface area contributed by atoms with E-state index in [1.165, 1.54) is 0 Å². The van der Waals surface area contributed by atoms with E-state index < -0.39 is 17.9 Å². The fourth-order valence-corrected chi connectivity index (χ4v) is 3.02. The first-order chi connectivity index (χ1) is 12.5. The molecule has 0 radical (unpaired) electrons. The molecule has 2 rings (SSSR count). The van der Waals surface area contributed by atoms with E-state index in [4.69, 9.17) is 27.9 Å². The van der Waals surface area contributed by atoms with E-state index in [0.717, 1.165) is 5.56 Å². The molecule has 4 nitrogen and oxygen atoms in total. The molecule has 0 heterocycles. The van der Waals surface area contributed by atoms with Gasteiger partial charge in [0.25, 0.3) is 5.91 Å². The van der Waals surface area contributed by atoms with E-state index >= 15 is 0 Å². The molecule has 7 heteroatoms. The van der Waals surface area contributed by atoms with Gasteiger partial charge in [0.05, 0.1) is 10.6 Å². The third-order valence-electron chi connectivity index (χ3n) is 3.61. The lowest BCUT2D eigenvalue weighted by Crippen LogP contribution is -2.42. The molecule has 1 atom stereocenters. The molecule has 2 aromatic rings. The van der Waals surface area contributed by atoms with Crippen molar-refractivity contribution in [1.82, 2.24) is 5.32 Å². The van der Waals surface area contributed by atoms with Crippen molar-refractivity contribution in [3.63, 3.8) is 0 Å². The SMILES string of the molecule is CSCCC(NC(=O)c1ccccc1Cl)C(=O)OCc1ccc(Cl)cc1. The molecule has 0 aromatic heterocycles. The highest BCUT2D eigenvalue weighted by atomic mass is 35.5. The molecular weight excluding hydrogens is 393 g/mol. The van der Waals surface area contributed by atoms with Gasteiger partial charge in [0, 0.05) is 5.02 Å². The molecule has 138 valence electrons. The molecular formula is C19H19Cl2NO3S. The van der Waals surface area contributed by atoms with Gasteiger partial charge < -0.3 is 10.1 Å². The number of carbonyl (C=O) groups excluding carboxylic acids is 2. The lowest BCUT2D eigenvalue weighted by atomic mass is 10.1. The minimum atomic E-state index is -0.737. The molecule has 1 unspecified atom stereocenters. The fraction of sp³-hybridized carbons (Fsp3) is 0.263. The quantitative estimate of drug-likeness (QED) is 0.645. The third-order valence-corrected chi connectivity index (χ3v) is 4.84. The average molecular weight is 412 g/mol. The Hall–Kier alpha value is -1.69. The number of carbonyl (C=O) groups is 2. The molecule has 0 saturated carbocycles. The highest BCUT2D eigenvalue weighted by Crippen LogP contribution is 2.16. The van der Waals surface area contributed by atoms with E-state index in [9.17, 15) is 9.59 Å². The Bertz CT molecular complexity index is 753. The number of hydrogen-bond acceptors (Lipinski definition) is 4. The number of thioether (sulfide) groups is 1. The normalized spacial score (nSPS) is 11.7. The summed E-state index contributed by atoms with van der Waals surface area (Å²) in [4.78, 5) is 24.9. The second-order valence-corrected chi connectivity index (χ2v) is 7.35. The molecule has 0 fully saturated rings. The number of esters is 1. The van der Waals surface area contributed by atoms with Crippen LogP contribution in [0.2, 0.25) is 10.0 Å². The average Bonchev–Trinajstić information content (AvgIpc) is 2.64. The van der Waals surface area contributed by atoms with Crippen molar-refractivity contribution < 1.29 is 14.3 Å². The molecule has 0 bridgehead atoms. The van der Waals surface area contributed by atoms with Crippen molar-refractivity contribution in [3.05, 3.63) is 69.7 Å². The van der Waals surface area contributed by atoms with Gasteiger partial charge in [-0.15, -0.1) is 0 Å². The van der Waals surface area contributed by atoms with Crippen molar-refractivity contribution in [2.24, 2.45) is 0 Å². The molecule has 0 aliphatic heterocycles. The second-order valence-electron chi connectivity index (χ2n) is 5.52. The first-order valence-electron chi connectivity index (χ1n) is 7.96. The van der Waals surface area contributed by atoms with Crippen LogP contribution < -0.4 is 5.32 Å². The fourth-order valence-electron chi connectivity index (χ4n) is 2.20. The van der Waals surface area contributed by atoms with Crippen molar-refractivity contribution in [2.45, 2.75) is 19.1 Å². The Balaban J connectivity index is 2.00. The van der Waals surface area contributed by atoms with E-state index in [1.807, 2.05) is 6.26 Å². The minimum Gasteiger partial charge on any atom is -0.459 e. The van der Waals surface area contributed by atoms with Gasteiger partial charge >= 0.3 is 5.97 Å². The van der Waals surface area contributed by atoms with Gasteiger partial charge in [-0.1, -0.05) is 47.5 Å². The monoisotopic (exact) mass is 411 g/mol. The van der Waals surface area contributed by atoms with Crippen molar-refractivity contribution in [2.75, 3.05) is 12.0 Å². The van der Waals surface area contributed by atoms with E-state index in [2.05, 4.69) is 5.32 Å². The van der Waals surface area contributed by atoms with Gasteiger partial charge in [0.1, 0.15) is 12.6 Å². The minimum absolute atomic E-state index is 0.119. The summed E-state index contributed by atoms with van der Waals surface area (Å²) >= 11 is 13.5. The number of rotatable bonds is 8. The number of ether oxygens (including phenoxy) is 1. The molecule has 2 aromatic carbocycles. The zero-order chi connectivity index (χ0) is 18.9. The maximum absolute atomic E-state index is 12.4. The van der Waals surface area contributed by atoms with Gasteiger partial charge in [0.15, 0.2) is 0 Å². The predicted octanol–water partition coefficient (Wildman–Crippen LogP) is 4.59. The van der Waals surface area contributed by atoms with Gasteiger partial charge in [-0.2, -0.15) is 11.8 Å². The summed E-state index contributed by atoms with van der Waals surface area (Å²) in [5.74, 6) is -0.164. The van der Waals surface area contributed by atoms with Gasteiger partial charge in [-0.05, 0) is 48.3 Å². The van der Waals surface area contributed by atoms with E-state index in [1.54, 1.807) is 60.3 Å². The largest absolute Gasteiger partial charge is 0.459 e. The number of halogens is 2. The van der Waals surface area contributed by atoms with Crippen LogP contribution in [0.3, 0.4) is 0 Å². The van der Waals surface area contributed by atoms with Crippen LogP contribution in [0.15, 0.2) is 48.5 Å². The highest BCUT2D eigenvalue weighted by Gasteiger charge is 2.23.